The lowest BCUT2D eigenvalue weighted by molar-refractivity contribution is -0.123. The molecule has 7 heteroatoms. The smallest absolute Gasteiger partial charge is 0.220 e. The number of aliphatic hydroxyl groups excluding tert-OH is 1. The summed E-state index contributed by atoms with van der Waals surface area (Å²) in [4.78, 5) is 24.5. The first kappa shape index (κ1) is 31.3. The van der Waals surface area contributed by atoms with Crippen molar-refractivity contribution in [1.29, 1.82) is 0 Å². The standard InChI is InChI=1S/C36H40N2O5/c39-32(31-16-8-3-9-17-31)25-38-36(41)19-11-10-18-35(40)37-23-22-28-20-21-33(42-26-29-12-4-1-5-13-29)34(24-28)43-27-30-14-6-2-7-15-30/h1-9,12-17,20-21,24,32,39H,10-11,18-19,22-23,25-27H2,(H,37,40)(H,38,41). The summed E-state index contributed by atoms with van der Waals surface area (Å²) >= 11 is 0. The van der Waals surface area contributed by atoms with Crippen molar-refractivity contribution in [2.75, 3.05) is 13.1 Å². The molecule has 2 amide bonds. The van der Waals surface area contributed by atoms with E-state index in [0.717, 1.165) is 22.3 Å². The van der Waals surface area contributed by atoms with Gasteiger partial charge in [-0.1, -0.05) is 97.1 Å². The predicted molar refractivity (Wildman–Crippen MR) is 168 cm³/mol. The van der Waals surface area contributed by atoms with E-state index >= 15 is 0 Å². The fourth-order valence-electron chi connectivity index (χ4n) is 4.51. The maximum Gasteiger partial charge on any atom is 0.220 e. The minimum Gasteiger partial charge on any atom is -0.485 e. The number of carbonyl (C=O) groups is 2. The number of nitrogens with one attached hydrogen (secondary N) is 2. The molecule has 0 bridgehead atoms. The highest BCUT2D eigenvalue weighted by molar-refractivity contribution is 5.77. The molecule has 0 saturated heterocycles. The highest BCUT2D eigenvalue weighted by Gasteiger charge is 2.11. The van der Waals surface area contributed by atoms with E-state index in [4.69, 9.17) is 9.47 Å². The Morgan fingerprint density at radius 3 is 1.77 bits per heavy atom. The van der Waals surface area contributed by atoms with Crippen LogP contribution in [0, 0.1) is 0 Å². The average molecular weight is 581 g/mol. The second-order valence-corrected chi connectivity index (χ2v) is 10.4. The van der Waals surface area contributed by atoms with E-state index in [2.05, 4.69) is 10.6 Å². The highest BCUT2D eigenvalue weighted by atomic mass is 16.5. The molecule has 0 aliphatic heterocycles. The lowest BCUT2D eigenvalue weighted by Crippen LogP contribution is -2.28. The average Bonchev–Trinajstić information content (AvgIpc) is 3.05. The van der Waals surface area contributed by atoms with Crippen molar-refractivity contribution in [2.24, 2.45) is 0 Å². The van der Waals surface area contributed by atoms with E-state index in [1.165, 1.54) is 0 Å². The van der Waals surface area contributed by atoms with E-state index in [0.29, 0.717) is 63.4 Å². The number of hydrogen-bond acceptors (Lipinski definition) is 5. The van der Waals surface area contributed by atoms with Crippen LogP contribution in [-0.4, -0.2) is 30.0 Å². The molecule has 0 fully saturated rings. The van der Waals surface area contributed by atoms with Gasteiger partial charge in [0.05, 0.1) is 6.10 Å². The Morgan fingerprint density at radius 1 is 0.628 bits per heavy atom. The third-order valence-corrected chi connectivity index (χ3v) is 6.95. The third-order valence-electron chi connectivity index (χ3n) is 6.95. The number of hydrogen-bond donors (Lipinski definition) is 3. The van der Waals surface area contributed by atoms with Gasteiger partial charge in [-0.05, 0) is 53.6 Å². The number of carbonyl (C=O) groups excluding carboxylic acids is 2. The zero-order valence-electron chi connectivity index (χ0n) is 24.4. The van der Waals surface area contributed by atoms with Crippen LogP contribution in [0.25, 0.3) is 0 Å². The Balaban J connectivity index is 1.17. The molecule has 1 unspecified atom stereocenters. The topological polar surface area (TPSA) is 96.9 Å². The van der Waals surface area contributed by atoms with Crippen LogP contribution in [0.15, 0.2) is 109 Å². The van der Waals surface area contributed by atoms with Gasteiger partial charge in [-0.2, -0.15) is 0 Å². The summed E-state index contributed by atoms with van der Waals surface area (Å²) < 4.78 is 12.3. The van der Waals surface area contributed by atoms with Gasteiger partial charge in [-0.25, -0.2) is 0 Å². The molecule has 4 aromatic carbocycles. The van der Waals surface area contributed by atoms with E-state index in [1.807, 2.05) is 109 Å². The predicted octanol–water partition coefficient (Wildman–Crippen LogP) is 5.91. The van der Waals surface area contributed by atoms with Gasteiger partial charge in [0, 0.05) is 25.9 Å². The van der Waals surface area contributed by atoms with Crippen LogP contribution >= 0.6 is 0 Å². The van der Waals surface area contributed by atoms with Crippen LogP contribution < -0.4 is 20.1 Å². The molecule has 0 aliphatic rings. The second kappa shape index (κ2) is 17.4. The number of amides is 2. The number of rotatable bonds is 17. The first-order chi connectivity index (χ1) is 21.1. The molecule has 0 heterocycles. The maximum absolute atomic E-state index is 12.4. The van der Waals surface area contributed by atoms with Gasteiger partial charge >= 0.3 is 0 Å². The Hall–Kier alpha value is -4.62. The van der Waals surface area contributed by atoms with E-state index in [9.17, 15) is 14.7 Å². The van der Waals surface area contributed by atoms with Crippen molar-refractivity contribution in [3.63, 3.8) is 0 Å². The van der Waals surface area contributed by atoms with Crippen molar-refractivity contribution in [2.45, 2.75) is 51.4 Å². The molecular formula is C36H40N2O5. The minimum absolute atomic E-state index is 0.0386. The lowest BCUT2D eigenvalue weighted by Gasteiger charge is -2.15. The molecular weight excluding hydrogens is 540 g/mol. The number of benzene rings is 4. The van der Waals surface area contributed by atoms with Crippen molar-refractivity contribution in [3.8, 4) is 11.5 Å². The Labute approximate surface area is 253 Å². The Bertz CT molecular complexity index is 1400. The fourth-order valence-corrected chi connectivity index (χ4v) is 4.51. The van der Waals surface area contributed by atoms with Crippen molar-refractivity contribution in [3.05, 3.63) is 131 Å². The van der Waals surface area contributed by atoms with Crippen molar-refractivity contribution in [1.82, 2.24) is 10.6 Å². The van der Waals surface area contributed by atoms with E-state index < -0.39 is 6.10 Å². The zero-order valence-corrected chi connectivity index (χ0v) is 24.4. The van der Waals surface area contributed by atoms with Crippen LogP contribution in [0.5, 0.6) is 11.5 Å². The molecule has 0 saturated carbocycles. The molecule has 3 N–H and O–H groups in total. The summed E-state index contributed by atoms with van der Waals surface area (Å²) in [5.41, 5.74) is 3.94. The van der Waals surface area contributed by atoms with Crippen LogP contribution in [0.3, 0.4) is 0 Å². The summed E-state index contributed by atoms with van der Waals surface area (Å²) in [5, 5.41) is 15.9. The quantitative estimate of drug-likeness (QED) is 0.135. The molecule has 43 heavy (non-hydrogen) atoms. The van der Waals surface area contributed by atoms with Crippen LogP contribution in [0.2, 0.25) is 0 Å². The van der Waals surface area contributed by atoms with Gasteiger partial charge in [0.15, 0.2) is 11.5 Å². The molecule has 0 spiro atoms. The van der Waals surface area contributed by atoms with Gasteiger partial charge in [0.2, 0.25) is 11.8 Å². The SMILES string of the molecule is O=C(CCCCC(=O)NCC(O)c1ccccc1)NCCc1ccc(OCc2ccccc2)c(OCc2ccccc2)c1. The molecule has 4 rings (SSSR count). The van der Waals surface area contributed by atoms with Gasteiger partial charge in [0.1, 0.15) is 13.2 Å². The summed E-state index contributed by atoms with van der Waals surface area (Å²) in [6, 6.07) is 35.1. The molecule has 4 aromatic rings. The van der Waals surface area contributed by atoms with Gasteiger partial charge in [-0.15, -0.1) is 0 Å². The fraction of sp³-hybridized carbons (Fsp3) is 0.278. The molecule has 1 atom stereocenters. The van der Waals surface area contributed by atoms with Crippen LogP contribution in [-0.2, 0) is 29.2 Å². The monoisotopic (exact) mass is 580 g/mol. The molecule has 0 radical (unpaired) electrons. The first-order valence-electron chi connectivity index (χ1n) is 14.8. The first-order valence-corrected chi connectivity index (χ1v) is 14.8. The number of unbranched alkanes of at least 4 members (excludes halogenated alkanes) is 1. The summed E-state index contributed by atoms with van der Waals surface area (Å²) in [6.07, 6.45) is 1.81. The highest BCUT2D eigenvalue weighted by Crippen LogP contribution is 2.30. The summed E-state index contributed by atoms with van der Waals surface area (Å²) in [5.74, 6) is 1.17. The minimum atomic E-state index is -0.736. The maximum atomic E-state index is 12.4. The molecule has 0 aliphatic carbocycles. The molecule has 0 aromatic heterocycles. The normalized spacial score (nSPS) is 11.4. The second-order valence-electron chi connectivity index (χ2n) is 10.4. The van der Waals surface area contributed by atoms with Gasteiger partial charge < -0.3 is 25.2 Å². The van der Waals surface area contributed by atoms with E-state index in [-0.39, 0.29) is 18.4 Å². The Kier molecular flexibility index (Phi) is 12.6. The van der Waals surface area contributed by atoms with Gasteiger partial charge in [-0.3, -0.25) is 9.59 Å². The lowest BCUT2D eigenvalue weighted by atomic mass is 10.1. The van der Waals surface area contributed by atoms with Crippen molar-refractivity contribution < 1.29 is 24.2 Å². The third kappa shape index (κ3) is 11.3. The number of aliphatic hydroxyl groups is 1. The molecule has 224 valence electrons. The van der Waals surface area contributed by atoms with Gasteiger partial charge in [0.25, 0.3) is 0 Å². The largest absolute Gasteiger partial charge is 0.485 e. The van der Waals surface area contributed by atoms with Crippen LogP contribution in [0.1, 0.15) is 54.0 Å². The Morgan fingerprint density at radius 2 is 1.16 bits per heavy atom. The van der Waals surface area contributed by atoms with E-state index in [1.54, 1.807) is 0 Å². The van der Waals surface area contributed by atoms with Crippen LogP contribution in [0.4, 0.5) is 0 Å². The summed E-state index contributed by atoms with van der Waals surface area (Å²) in [6.45, 7) is 1.53. The number of ether oxygens (including phenoxy) is 2. The molecule has 7 nitrogen and oxygen atoms in total. The zero-order chi connectivity index (χ0) is 30.1. The summed E-state index contributed by atoms with van der Waals surface area (Å²) in [7, 11) is 0. The van der Waals surface area contributed by atoms with Crippen molar-refractivity contribution >= 4 is 11.8 Å².